The maximum atomic E-state index is 11.2. The molecule has 0 amide bonds. The van der Waals surface area contributed by atoms with Crippen LogP contribution in [0, 0.1) is 5.41 Å². The van der Waals surface area contributed by atoms with Gasteiger partial charge in [0.1, 0.15) is 0 Å². The van der Waals surface area contributed by atoms with Crippen molar-refractivity contribution in [2.75, 3.05) is 18.5 Å². The monoisotopic (exact) mass is 270 g/mol. The van der Waals surface area contributed by atoms with Crippen LogP contribution in [-0.2, 0) is 16.0 Å². The molecule has 1 aromatic heterocycles. The highest BCUT2D eigenvalue weighted by atomic mass is 32.1. The lowest BCUT2D eigenvalue weighted by atomic mass is 9.97. The Labute approximate surface area is 113 Å². The zero-order valence-electron chi connectivity index (χ0n) is 11.6. The molecule has 1 rings (SSSR count). The number of nitrogens with zero attached hydrogens (tertiary/aromatic N) is 1. The molecule has 0 aromatic carbocycles. The maximum Gasteiger partial charge on any atom is 0.306 e. The quantitative estimate of drug-likeness (QED) is 0.807. The number of carbonyl (C=O) groups is 1. The average molecular weight is 270 g/mol. The highest BCUT2D eigenvalue weighted by molar-refractivity contribution is 7.13. The SMILES string of the molecule is CCOC(=O)CCc1csc(NCC(C)(C)C)n1. The minimum Gasteiger partial charge on any atom is -0.466 e. The lowest BCUT2D eigenvalue weighted by Crippen LogP contribution is -2.18. The van der Waals surface area contributed by atoms with Gasteiger partial charge in [-0.1, -0.05) is 20.8 Å². The van der Waals surface area contributed by atoms with E-state index in [1.165, 1.54) is 0 Å². The van der Waals surface area contributed by atoms with E-state index in [2.05, 4.69) is 31.1 Å². The smallest absolute Gasteiger partial charge is 0.306 e. The molecule has 0 saturated carbocycles. The van der Waals surface area contributed by atoms with Crippen LogP contribution in [-0.4, -0.2) is 24.1 Å². The molecule has 0 radical (unpaired) electrons. The molecule has 5 heteroatoms. The molecule has 0 bridgehead atoms. The molecule has 0 saturated heterocycles. The number of hydrogen-bond donors (Lipinski definition) is 1. The number of nitrogens with one attached hydrogen (secondary N) is 1. The summed E-state index contributed by atoms with van der Waals surface area (Å²) in [6.45, 7) is 9.67. The standard InChI is InChI=1S/C13H22N2O2S/c1-5-17-11(16)7-6-10-8-18-12(15-10)14-9-13(2,3)4/h8H,5-7,9H2,1-4H3,(H,14,15). The number of aromatic nitrogens is 1. The highest BCUT2D eigenvalue weighted by Gasteiger charge is 2.11. The predicted molar refractivity (Wildman–Crippen MR) is 75.0 cm³/mol. The van der Waals surface area contributed by atoms with Crippen LogP contribution in [0.2, 0.25) is 0 Å². The number of anilines is 1. The molecule has 0 atom stereocenters. The Hall–Kier alpha value is -1.10. The number of esters is 1. The van der Waals surface area contributed by atoms with Gasteiger partial charge in [-0.3, -0.25) is 4.79 Å². The molecule has 0 spiro atoms. The molecule has 102 valence electrons. The Morgan fingerprint density at radius 2 is 2.22 bits per heavy atom. The number of ether oxygens (including phenoxy) is 1. The molecule has 1 N–H and O–H groups in total. The van der Waals surface area contributed by atoms with Crippen molar-refractivity contribution >= 4 is 22.4 Å². The summed E-state index contributed by atoms with van der Waals surface area (Å²) in [4.78, 5) is 15.7. The topological polar surface area (TPSA) is 51.2 Å². The van der Waals surface area contributed by atoms with Crippen molar-refractivity contribution in [2.45, 2.75) is 40.5 Å². The fourth-order valence-electron chi connectivity index (χ4n) is 1.31. The van der Waals surface area contributed by atoms with Gasteiger partial charge in [0.2, 0.25) is 0 Å². The van der Waals surface area contributed by atoms with Crippen LogP contribution in [0.3, 0.4) is 0 Å². The molecule has 0 aliphatic carbocycles. The third-order valence-corrected chi connectivity index (χ3v) is 3.06. The van der Waals surface area contributed by atoms with Crippen LogP contribution in [0.5, 0.6) is 0 Å². The van der Waals surface area contributed by atoms with E-state index in [4.69, 9.17) is 4.74 Å². The van der Waals surface area contributed by atoms with E-state index in [1.54, 1.807) is 11.3 Å². The van der Waals surface area contributed by atoms with Crippen LogP contribution in [0.15, 0.2) is 5.38 Å². The summed E-state index contributed by atoms with van der Waals surface area (Å²) in [6.07, 6.45) is 1.04. The molecule has 4 nitrogen and oxygen atoms in total. The average Bonchev–Trinajstić information content (AvgIpc) is 2.71. The van der Waals surface area contributed by atoms with Crippen molar-refractivity contribution in [2.24, 2.45) is 5.41 Å². The molecular weight excluding hydrogens is 248 g/mol. The second kappa shape index (κ2) is 6.73. The summed E-state index contributed by atoms with van der Waals surface area (Å²) in [7, 11) is 0. The van der Waals surface area contributed by atoms with E-state index in [1.807, 2.05) is 12.3 Å². The molecule has 1 aromatic rings. The number of aryl methyl sites for hydroxylation is 1. The number of hydrogen-bond acceptors (Lipinski definition) is 5. The van der Waals surface area contributed by atoms with Gasteiger partial charge in [-0.05, 0) is 12.3 Å². The third kappa shape index (κ3) is 6.00. The van der Waals surface area contributed by atoms with Crippen molar-refractivity contribution in [1.29, 1.82) is 0 Å². The summed E-state index contributed by atoms with van der Waals surface area (Å²) in [5, 5.41) is 6.22. The van der Waals surface area contributed by atoms with Crippen LogP contribution in [0.4, 0.5) is 5.13 Å². The van der Waals surface area contributed by atoms with Gasteiger partial charge in [0, 0.05) is 18.3 Å². The molecule has 0 aliphatic rings. The molecule has 0 fully saturated rings. The minimum absolute atomic E-state index is 0.158. The van der Waals surface area contributed by atoms with Gasteiger partial charge in [-0.2, -0.15) is 0 Å². The normalized spacial score (nSPS) is 11.3. The van der Waals surface area contributed by atoms with Gasteiger partial charge in [0.25, 0.3) is 0 Å². The molecule has 0 aliphatic heterocycles. The first-order valence-corrected chi connectivity index (χ1v) is 7.12. The Morgan fingerprint density at radius 3 is 2.83 bits per heavy atom. The van der Waals surface area contributed by atoms with Crippen LogP contribution < -0.4 is 5.32 Å². The van der Waals surface area contributed by atoms with E-state index in [-0.39, 0.29) is 11.4 Å². The van der Waals surface area contributed by atoms with Crippen molar-refractivity contribution in [1.82, 2.24) is 4.98 Å². The number of carbonyl (C=O) groups excluding carboxylic acids is 1. The zero-order chi connectivity index (χ0) is 13.6. The van der Waals surface area contributed by atoms with Gasteiger partial charge in [-0.15, -0.1) is 11.3 Å². The van der Waals surface area contributed by atoms with Gasteiger partial charge >= 0.3 is 5.97 Å². The number of thiazole rings is 1. The van der Waals surface area contributed by atoms with E-state index in [9.17, 15) is 4.79 Å². The highest BCUT2D eigenvalue weighted by Crippen LogP contribution is 2.19. The summed E-state index contributed by atoms with van der Waals surface area (Å²) >= 11 is 1.58. The fourth-order valence-corrected chi connectivity index (χ4v) is 2.05. The minimum atomic E-state index is -0.158. The Balaban J connectivity index is 2.36. The van der Waals surface area contributed by atoms with Crippen LogP contribution in [0.25, 0.3) is 0 Å². The van der Waals surface area contributed by atoms with E-state index in [0.717, 1.165) is 17.4 Å². The molecule has 0 unspecified atom stereocenters. The molecule has 18 heavy (non-hydrogen) atoms. The van der Waals surface area contributed by atoms with E-state index < -0.39 is 0 Å². The van der Waals surface area contributed by atoms with E-state index >= 15 is 0 Å². The van der Waals surface area contributed by atoms with Crippen molar-refractivity contribution in [3.05, 3.63) is 11.1 Å². The Bertz CT molecular complexity index is 383. The third-order valence-electron chi connectivity index (χ3n) is 2.21. The van der Waals surface area contributed by atoms with Crippen LogP contribution in [0.1, 0.15) is 39.8 Å². The number of rotatable bonds is 6. The molecular formula is C13H22N2O2S. The van der Waals surface area contributed by atoms with Crippen molar-refractivity contribution < 1.29 is 9.53 Å². The van der Waals surface area contributed by atoms with Crippen LogP contribution >= 0.6 is 11.3 Å². The second-order valence-corrected chi connectivity index (χ2v) is 6.22. The summed E-state index contributed by atoms with van der Waals surface area (Å²) in [5.74, 6) is -0.158. The van der Waals surface area contributed by atoms with Crippen molar-refractivity contribution in [3.63, 3.8) is 0 Å². The van der Waals surface area contributed by atoms with Gasteiger partial charge in [0.05, 0.1) is 18.7 Å². The predicted octanol–water partition coefficient (Wildman–Crippen LogP) is 3.10. The summed E-state index contributed by atoms with van der Waals surface area (Å²) in [6, 6.07) is 0. The first-order valence-electron chi connectivity index (χ1n) is 6.24. The lowest BCUT2D eigenvalue weighted by molar-refractivity contribution is -0.143. The molecule has 1 heterocycles. The summed E-state index contributed by atoms with van der Waals surface area (Å²) in [5.41, 5.74) is 1.18. The van der Waals surface area contributed by atoms with Gasteiger partial charge in [0.15, 0.2) is 5.13 Å². The fraction of sp³-hybridized carbons (Fsp3) is 0.692. The van der Waals surface area contributed by atoms with E-state index in [0.29, 0.717) is 19.4 Å². The Kier molecular flexibility index (Phi) is 5.59. The van der Waals surface area contributed by atoms with Crippen molar-refractivity contribution in [3.8, 4) is 0 Å². The zero-order valence-corrected chi connectivity index (χ0v) is 12.4. The van der Waals surface area contributed by atoms with Gasteiger partial charge < -0.3 is 10.1 Å². The summed E-state index contributed by atoms with van der Waals surface area (Å²) < 4.78 is 4.88. The Morgan fingerprint density at radius 1 is 1.50 bits per heavy atom. The largest absolute Gasteiger partial charge is 0.466 e. The van der Waals surface area contributed by atoms with Gasteiger partial charge in [-0.25, -0.2) is 4.98 Å². The first kappa shape index (κ1) is 15.0. The second-order valence-electron chi connectivity index (χ2n) is 5.36. The first-order chi connectivity index (χ1) is 8.40. The lowest BCUT2D eigenvalue weighted by Gasteiger charge is -2.17. The maximum absolute atomic E-state index is 11.2.